The summed E-state index contributed by atoms with van der Waals surface area (Å²) < 4.78 is 23.8. The average molecular weight is 473 g/mol. The van der Waals surface area contributed by atoms with Crippen molar-refractivity contribution in [3.63, 3.8) is 0 Å². The molecule has 2 heterocycles. The molecule has 1 aliphatic carbocycles. The van der Waals surface area contributed by atoms with Crippen molar-refractivity contribution in [2.24, 2.45) is 0 Å². The average Bonchev–Trinajstić information content (AvgIpc) is 3.29. The highest BCUT2D eigenvalue weighted by atomic mass is 16.5. The van der Waals surface area contributed by atoms with Gasteiger partial charge in [0.15, 0.2) is 0 Å². The van der Waals surface area contributed by atoms with Gasteiger partial charge in [0.1, 0.15) is 12.3 Å². The lowest BCUT2D eigenvalue weighted by atomic mass is 9.90. The molecule has 1 saturated carbocycles. The van der Waals surface area contributed by atoms with Gasteiger partial charge in [-0.1, -0.05) is 30.3 Å². The number of benzene rings is 1. The highest BCUT2D eigenvalue weighted by Gasteiger charge is 2.29. The van der Waals surface area contributed by atoms with Gasteiger partial charge >= 0.3 is 6.09 Å². The third-order valence-corrected chi connectivity index (χ3v) is 6.48. The molecular weight excluding hydrogens is 436 g/mol. The molecule has 1 N–H and O–H groups in total. The molecule has 2 fully saturated rings. The minimum absolute atomic E-state index is 0.205. The van der Waals surface area contributed by atoms with Crippen molar-refractivity contribution in [2.45, 2.75) is 50.8 Å². The quantitative estimate of drug-likeness (QED) is 0.526. The minimum Gasteiger partial charge on any atom is -0.475 e. The Bertz CT molecular complexity index is 877. The summed E-state index contributed by atoms with van der Waals surface area (Å²) in [6.45, 7) is 4.98. The maximum Gasteiger partial charge on any atom is 0.412 e. The van der Waals surface area contributed by atoms with Crippen molar-refractivity contribution >= 4 is 11.8 Å². The molecule has 34 heavy (non-hydrogen) atoms. The third-order valence-electron chi connectivity index (χ3n) is 6.48. The van der Waals surface area contributed by atoms with E-state index in [4.69, 9.17) is 24.0 Å². The molecule has 2 aliphatic rings. The van der Waals surface area contributed by atoms with Crippen LogP contribution in [0.1, 0.15) is 43.7 Å². The van der Waals surface area contributed by atoms with Crippen LogP contribution in [0.25, 0.3) is 0 Å². The summed E-state index contributed by atoms with van der Waals surface area (Å²) >= 11 is 0. The lowest BCUT2D eigenvalue weighted by Gasteiger charge is -2.38. The molecule has 0 atom stereocenters. The summed E-state index contributed by atoms with van der Waals surface area (Å²) in [5.41, 5.74) is 1.46. The number of carbonyl (C=O) groups excluding carboxylic acids is 1. The van der Waals surface area contributed by atoms with Gasteiger partial charge < -0.3 is 18.9 Å². The first-order valence-corrected chi connectivity index (χ1v) is 12.2. The van der Waals surface area contributed by atoms with E-state index < -0.39 is 6.09 Å². The van der Waals surface area contributed by atoms with E-state index in [1.54, 1.807) is 7.11 Å². The minimum atomic E-state index is -0.527. The van der Waals surface area contributed by atoms with E-state index >= 15 is 0 Å². The van der Waals surface area contributed by atoms with Gasteiger partial charge in [0, 0.05) is 39.3 Å². The molecule has 186 valence electrons. The van der Waals surface area contributed by atoms with E-state index in [0.717, 1.165) is 64.0 Å². The van der Waals surface area contributed by atoms with Gasteiger partial charge in [-0.3, -0.25) is 14.9 Å². The zero-order valence-electron chi connectivity index (χ0n) is 20.0. The molecule has 2 aromatic rings. The van der Waals surface area contributed by atoms with Crippen LogP contribution in [-0.4, -0.2) is 73.4 Å². The molecule has 0 spiro atoms. The van der Waals surface area contributed by atoms with E-state index in [2.05, 4.69) is 10.2 Å². The summed E-state index contributed by atoms with van der Waals surface area (Å²) in [6, 6.07) is 10.5. The number of nitrogens with one attached hydrogen (secondary N) is 1. The lowest BCUT2D eigenvalue weighted by Crippen LogP contribution is -2.45. The topological polar surface area (TPSA) is 87.1 Å². The maximum absolute atomic E-state index is 12.5. The molecule has 4 rings (SSSR count). The van der Waals surface area contributed by atoms with Crippen molar-refractivity contribution in [1.82, 2.24) is 14.7 Å². The summed E-state index contributed by atoms with van der Waals surface area (Å²) in [7, 11) is 1.66. The monoisotopic (exact) mass is 472 g/mol. The van der Waals surface area contributed by atoms with E-state index in [9.17, 15) is 4.79 Å². The largest absolute Gasteiger partial charge is 0.475 e. The van der Waals surface area contributed by atoms with Crippen LogP contribution in [0.15, 0.2) is 36.5 Å². The van der Waals surface area contributed by atoms with Gasteiger partial charge in [-0.15, -0.1) is 5.10 Å². The van der Waals surface area contributed by atoms with Gasteiger partial charge in [-0.25, -0.2) is 4.79 Å². The first kappa shape index (κ1) is 24.5. The fraction of sp³-hybridized carbons (Fsp3) is 0.600. The van der Waals surface area contributed by atoms with Crippen molar-refractivity contribution in [3.05, 3.63) is 42.1 Å². The van der Waals surface area contributed by atoms with E-state index in [1.807, 2.05) is 41.2 Å². The van der Waals surface area contributed by atoms with Crippen LogP contribution < -0.4 is 10.1 Å². The van der Waals surface area contributed by atoms with Crippen LogP contribution in [-0.2, 0) is 20.8 Å². The Kier molecular flexibility index (Phi) is 9.18. The van der Waals surface area contributed by atoms with Crippen LogP contribution in [0, 0.1) is 0 Å². The zero-order chi connectivity index (χ0) is 23.6. The first-order valence-electron chi connectivity index (χ1n) is 12.2. The van der Waals surface area contributed by atoms with Crippen molar-refractivity contribution in [2.75, 3.05) is 51.9 Å². The van der Waals surface area contributed by atoms with Crippen molar-refractivity contribution in [1.29, 1.82) is 0 Å². The Hall–Kier alpha value is -2.62. The van der Waals surface area contributed by atoms with E-state index in [-0.39, 0.29) is 12.6 Å². The van der Waals surface area contributed by atoms with Gasteiger partial charge in [0.05, 0.1) is 32.1 Å². The third kappa shape index (κ3) is 6.94. The van der Waals surface area contributed by atoms with Crippen LogP contribution in [0.3, 0.4) is 0 Å². The Balaban J connectivity index is 1.35. The second kappa shape index (κ2) is 12.7. The Labute approximate surface area is 201 Å². The summed E-state index contributed by atoms with van der Waals surface area (Å²) in [5.74, 6) is 0.420. The number of morpholine rings is 1. The van der Waals surface area contributed by atoms with Crippen LogP contribution in [0.2, 0.25) is 0 Å². The number of nitrogens with zero attached hydrogens (tertiary/aromatic N) is 3. The number of amides is 1. The number of anilines is 1. The standard InChI is InChI=1S/C25H36N4O5/c1-31-14-5-15-33-24-23(26-25(30)34-19-20-6-3-2-4-7-20)18-29(27-24)22-10-8-21(9-11-22)28-12-16-32-17-13-28/h2-4,6-7,18,21-22H,5,8-17,19H2,1H3,(H,26,30). The number of rotatable bonds is 10. The SMILES string of the molecule is COCCCOc1nn(C2CCC(N3CCOCC3)CC2)cc1NC(=O)OCc1ccccc1. The van der Waals surface area contributed by atoms with Crippen LogP contribution >= 0.6 is 0 Å². The number of hydrogen-bond acceptors (Lipinski definition) is 7. The van der Waals surface area contributed by atoms with Gasteiger partial charge in [0.25, 0.3) is 5.88 Å². The Morgan fingerprint density at radius 2 is 1.82 bits per heavy atom. The predicted molar refractivity (Wildman–Crippen MR) is 128 cm³/mol. The molecule has 0 unspecified atom stereocenters. The smallest absolute Gasteiger partial charge is 0.412 e. The molecule has 1 aromatic carbocycles. The van der Waals surface area contributed by atoms with E-state index in [1.165, 1.54) is 0 Å². The normalized spacial score (nSPS) is 21.2. The van der Waals surface area contributed by atoms with Crippen LogP contribution in [0.4, 0.5) is 10.5 Å². The molecule has 0 radical (unpaired) electrons. The number of carbonyl (C=O) groups is 1. The predicted octanol–water partition coefficient (Wildman–Crippen LogP) is 3.86. The fourth-order valence-corrected chi connectivity index (χ4v) is 4.63. The Morgan fingerprint density at radius 3 is 2.56 bits per heavy atom. The molecule has 9 nitrogen and oxygen atoms in total. The molecule has 0 bridgehead atoms. The highest BCUT2D eigenvalue weighted by molar-refractivity contribution is 5.86. The number of ether oxygens (including phenoxy) is 4. The molecule has 1 aliphatic heterocycles. The number of methoxy groups -OCH3 is 1. The highest BCUT2D eigenvalue weighted by Crippen LogP contribution is 2.34. The maximum atomic E-state index is 12.5. The van der Waals surface area contributed by atoms with Gasteiger partial charge in [0.2, 0.25) is 0 Å². The van der Waals surface area contributed by atoms with Crippen molar-refractivity contribution in [3.8, 4) is 5.88 Å². The second-order valence-corrected chi connectivity index (χ2v) is 8.82. The van der Waals surface area contributed by atoms with Gasteiger partial charge in [-0.05, 0) is 31.2 Å². The number of hydrogen-bond donors (Lipinski definition) is 1. The zero-order valence-corrected chi connectivity index (χ0v) is 20.0. The summed E-state index contributed by atoms with van der Waals surface area (Å²) in [5, 5.41) is 7.51. The van der Waals surface area contributed by atoms with Gasteiger partial charge in [-0.2, -0.15) is 0 Å². The summed E-state index contributed by atoms with van der Waals surface area (Å²) in [6.07, 6.45) is 6.45. The fourth-order valence-electron chi connectivity index (χ4n) is 4.63. The molecular formula is C25H36N4O5. The second-order valence-electron chi connectivity index (χ2n) is 8.82. The molecule has 1 aromatic heterocycles. The molecule has 9 heteroatoms. The molecule has 1 amide bonds. The lowest BCUT2D eigenvalue weighted by molar-refractivity contribution is 0.00502. The summed E-state index contributed by atoms with van der Waals surface area (Å²) in [4.78, 5) is 15.0. The Morgan fingerprint density at radius 1 is 1.09 bits per heavy atom. The van der Waals surface area contributed by atoms with Crippen LogP contribution in [0.5, 0.6) is 5.88 Å². The molecule has 1 saturated heterocycles. The van der Waals surface area contributed by atoms with Crippen molar-refractivity contribution < 1.29 is 23.7 Å². The number of aromatic nitrogens is 2. The van der Waals surface area contributed by atoms with E-state index in [0.29, 0.717) is 30.8 Å². The first-order chi connectivity index (χ1) is 16.7.